The van der Waals surface area contributed by atoms with Crippen molar-refractivity contribution >= 4 is 17.3 Å². The normalized spacial score (nSPS) is 14.4. The van der Waals surface area contributed by atoms with Crippen LogP contribution in [-0.2, 0) is 12.8 Å². The number of hydrogen-bond acceptors (Lipinski definition) is 3. The van der Waals surface area contributed by atoms with Crippen LogP contribution in [0.3, 0.4) is 0 Å². The molecule has 1 heterocycles. The number of carbonyl (C=O) groups excluding carboxylic acids is 1. The Labute approximate surface area is 124 Å². The number of nitrogens with zero attached hydrogens (tertiary/aromatic N) is 1. The Bertz CT molecular complexity index is 654. The third-order valence-corrected chi connectivity index (χ3v) is 4.08. The number of amides is 1. The largest absolute Gasteiger partial charge is 0.397 e. The van der Waals surface area contributed by atoms with Gasteiger partial charge in [-0.3, -0.25) is 4.79 Å². The molecule has 1 amide bonds. The standard InChI is InChI=1S/C17H19N3O/c18-15-6-5-14(17(19)21)11-16(15)20-9-7-12-3-1-2-4-13(12)8-10-20/h1-6,11H,7-10,18H2,(H2,19,21). The summed E-state index contributed by atoms with van der Waals surface area (Å²) in [6.07, 6.45) is 1.97. The zero-order valence-corrected chi connectivity index (χ0v) is 11.9. The maximum Gasteiger partial charge on any atom is 0.248 e. The van der Waals surface area contributed by atoms with Crippen LogP contribution in [0.4, 0.5) is 11.4 Å². The van der Waals surface area contributed by atoms with E-state index in [2.05, 4.69) is 29.2 Å². The van der Waals surface area contributed by atoms with Crippen molar-refractivity contribution < 1.29 is 4.79 Å². The fourth-order valence-electron chi connectivity index (χ4n) is 2.88. The molecule has 4 nitrogen and oxygen atoms in total. The van der Waals surface area contributed by atoms with Crippen molar-refractivity contribution in [3.63, 3.8) is 0 Å². The summed E-state index contributed by atoms with van der Waals surface area (Å²) in [4.78, 5) is 13.6. The molecule has 0 unspecified atom stereocenters. The third kappa shape index (κ3) is 2.70. The molecule has 0 aliphatic carbocycles. The van der Waals surface area contributed by atoms with Gasteiger partial charge in [0, 0.05) is 18.7 Å². The SMILES string of the molecule is NC(=O)c1ccc(N)c(N2CCc3ccccc3CC2)c1. The Morgan fingerprint density at radius 1 is 1.00 bits per heavy atom. The number of primary amides is 1. The van der Waals surface area contributed by atoms with E-state index in [1.807, 2.05) is 0 Å². The lowest BCUT2D eigenvalue weighted by Crippen LogP contribution is -2.27. The van der Waals surface area contributed by atoms with Gasteiger partial charge in [-0.1, -0.05) is 24.3 Å². The maximum atomic E-state index is 11.4. The van der Waals surface area contributed by atoms with Crippen molar-refractivity contribution in [3.05, 3.63) is 59.2 Å². The van der Waals surface area contributed by atoms with Gasteiger partial charge in [-0.05, 0) is 42.2 Å². The van der Waals surface area contributed by atoms with Gasteiger partial charge < -0.3 is 16.4 Å². The maximum absolute atomic E-state index is 11.4. The van der Waals surface area contributed by atoms with Gasteiger partial charge in [-0.15, -0.1) is 0 Å². The zero-order valence-electron chi connectivity index (χ0n) is 11.9. The average Bonchev–Trinajstić information content (AvgIpc) is 2.70. The number of hydrogen-bond donors (Lipinski definition) is 2. The van der Waals surface area contributed by atoms with E-state index in [9.17, 15) is 4.79 Å². The van der Waals surface area contributed by atoms with E-state index in [4.69, 9.17) is 11.5 Å². The van der Waals surface area contributed by atoms with Crippen LogP contribution in [-0.4, -0.2) is 19.0 Å². The minimum absolute atomic E-state index is 0.422. The number of nitrogen functional groups attached to an aromatic ring is 1. The summed E-state index contributed by atoms with van der Waals surface area (Å²) in [5.41, 5.74) is 16.3. The summed E-state index contributed by atoms with van der Waals surface area (Å²) in [5, 5.41) is 0. The molecule has 0 spiro atoms. The van der Waals surface area contributed by atoms with E-state index in [0.29, 0.717) is 11.3 Å². The molecule has 0 aromatic heterocycles. The van der Waals surface area contributed by atoms with Gasteiger partial charge in [0.2, 0.25) is 5.91 Å². The van der Waals surface area contributed by atoms with Crippen molar-refractivity contribution in [2.45, 2.75) is 12.8 Å². The van der Waals surface area contributed by atoms with E-state index >= 15 is 0 Å². The minimum atomic E-state index is -0.422. The van der Waals surface area contributed by atoms with Gasteiger partial charge >= 0.3 is 0 Å². The van der Waals surface area contributed by atoms with Crippen LogP contribution in [0, 0.1) is 0 Å². The van der Waals surface area contributed by atoms with Crippen molar-refractivity contribution in [1.82, 2.24) is 0 Å². The monoisotopic (exact) mass is 281 g/mol. The molecular weight excluding hydrogens is 262 g/mol. The van der Waals surface area contributed by atoms with E-state index in [0.717, 1.165) is 31.6 Å². The molecule has 1 aliphatic rings. The Morgan fingerprint density at radius 3 is 2.19 bits per heavy atom. The smallest absolute Gasteiger partial charge is 0.248 e. The lowest BCUT2D eigenvalue weighted by atomic mass is 10.0. The number of anilines is 2. The lowest BCUT2D eigenvalue weighted by molar-refractivity contribution is 0.100. The second-order valence-corrected chi connectivity index (χ2v) is 5.39. The predicted molar refractivity (Wildman–Crippen MR) is 85.4 cm³/mol. The summed E-state index contributed by atoms with van der Waals surface area (Å²) in [6, 6.07) is 13.8. The number of rotatable bonds is 2. The first-order valence-electron chi connectivity index (χ1n) is 7.16. The molecule has 0 saturated heterocycles. The molecule has 0 radical (unpaired) electrons. The minimum Gasteiger partial charge on any atom is -0.397 e. The molecule has 0 saturated carbocycles. The van der Waals surface area contributed by atoms with Crippen LogP contribution in [0.25, 0.3) is 0 Å². The van der Waals surface area contributed by atoms with Gasteiger partial charge in [0.15, 0.2) is 0 Å². The molecule has 108 valence electrons. The highest BCUT2D eigenvalue weighted by Crippen LogP contribution is 2.27. The van der Waals surface area contributed by atoms with Crippen molar-refractivity contribution in [2.75, 3.05) is 23.7 Å². The van der Waals surface area contributed by atoms with Crippen molar-refractivity contribution in [1.29, 1.82) is 0 Å². The fraction of sp³-hybridized carbons (Fsp3) is 0.235. The predicted octanol–water partition coefficient (Wildman–Crippen LogP) is 1.97. The van der Waals surface area contributed by atoms with Gasteiger partial charge in [0.05, 0.1) is 11.4 Å². The average molecular weight is 281 g/mol. The molecule has 2 aromatic carbocycles. The van der Waals surface area contributed by atoms with Crippen molar-refractivity contribution in [3.8, 4) is 0 Å². The van der Waals surface area contributed by atoms with Gasteiger partial charge in [-0.2, -0.15) is 0 Å². The van der Waals surface area contributed by atoms with E-state index in [1.54, 1.807) is 18.2 Å². The highest BCUT2D eigenvalue weighted by Gasteiger charge is 2.16. The molecule has 4 N–H and O–H groups in total. The second kappa shape index (κ2) is 5.48. The molecule has 4 heteroatoms. The number of nitrogens with two attached hydrogens (primary N) is 2. The van der Waals surface area contributed by atoms with Crippen LogP contribution < -0.4 is 16.4 Å². The van der Waals surface area contributed by atoms with Crippen LogP contribution in [0.1, 0.15) is 21.5 Å². The topological polar surface area (TPSA) is 72.3 Å². The Kier molecular flexibility index (Phi) is 3.52. The fourth-order valence-corrected chi connectivity index (χ4v) is 2.88. The second-order valence-electron chi connectivity index (χ2n) is 5.39. The number of benzene rings is 2. The van der Waals surface area contributed by atoms with Crippen LogP contribution in [0.2, 0.25) is 0 Å². The molecule has 0 fully saturated rings. The van der Waals surface area contributed by atoms with E-state index in [-0.39, 0.29) is 0 Å². The summed E-state index contributed by atoms with van der Waals surface area (Å²) in [5.74, 6) is -0.422. The first-order valence-corrected chi connectivity index (χ1v) is 7.16. The van der Waals surface area contributed by atoms with Gasteiger partial charge in [-0.25, -0.2) is 0 Å². The zero-order chi connectivity index (χ0) is 14.8. The number of fused-ring (bicyclic) bond motifs is 1. The summed E-state index contributed by atoms with van der Waals surface area (Å²) >= 11 is 0. The first kappa shape index (κ1) is 13.5. The first-order chi connectivity index (χ1) is 10.1. The molecule has 3 rings (SSSR count). The highest BCUT2D eigenvalue weighted by molar-refractivity contribution is 5.95. The molecule has 0 atom stereocenters. The van der Waals surface area contributed by atoms with Crippen LogP contribution >= 0.6 is 0 Å². The number of carbonyl (C=O) groups is 1. The molecule has 2 aromatic rings. The van der Waals surface area contributed by atoms with Gasteiger partial charge in [0.1, 0.15) is 0 Å². The Hall–Kier alpha value is -2.49. The quantitative estimate of drug-likeness (QED) is 0.827. The molecule has 1 aliphatic heterocycles. The summed E-state index contributed by atoms with van der Waals surface area (Å²) in [6.45, 7) is 1.78. The van der Waals surface area contributed by atoms with Crippen molar-refractivity contribution in [2.24, 2.45) is 5.73 Å². The Balaban J connectivity index is 1.89. The lowest BCUT2D eigenvalue weighted by Gasteiger charge is -2.24. The molecule has 0 bridgehead atoms. The summed E-state index contributed by atoms with van der Waals surface area (Å²) < 4.78 is 0. The van der Waals surface area contributed by atoms with E-state index in [1.165, 1.54) is 11.1 Å². The van der Waals surface area contributed by atoms with Crippen LogP contribution in [0.5, 0.6) is 0 Å². The molecule has 21 heavy (non-hydrogen) atoms. The van der Waals surface area contributed by atoms with Gasteiger partial charge in [0.25, 0.3) is 0 Å². The Morgan fingerprint density at radius 2 is 1.62 bits per heavy atom. The molecular formula is C17H19N3O. The summed E-state index contributed by atoms with van der Waals surface area (Å²) in [7, 11) is 0. The third-order valence-electron chi connectivity index (χ3n) is 4.08. The highest BCUT2D eigenvalue weighted by atomic mass is 16.1. The van der Waals surface area contributed by atoms with Crippen LogP contribution in [0.15, 0.2) is 42.5 Å². The van der Waals surface area contributed by atoms with E-state index < -0.39 is 5.91 Å².